The molecule has 20 heavy (non-hydrogen) atoms. The molecule has 0 aliphatic carbocycles. The second-order valence-corrected chi connectivity index (χ2v) is 5.95. The summed E-state index contributed by atoms with van der Waals surface area (Å²) in [6, 6.07) is 4.60. The number of rotatable bonds is 1. The topological polar surface area (TPSA) is 49.4 Å². The number of benzene rings is 1. The van der Waals surface area contributed by atoms with Crippen LogP contribution in [0.15, 0.2) is 18.2 Å². The Hall–Kier alpha value is -1.26. The number of likely N-dealkylation sites (tertiary alicyclic amines) is 1. The molecule has 0 unspecified atom stereocenters. The normalized spacial score (nSPS) is 22.8. The van der Waals surface area contributed by atoms with E-state index in [-0.39, 0.29) is 23.8 Å². The van der Waals surface area contributed by atoms with E-state index >= 15 is 0 Å². The van der Waals surface area contributed by atoms with E-state index in [1.807, 2.05) is 13.8 Å². The molecule has 4 nitrogen and oxygen atoms in total. The van der Waals surface area contributed by atoms with E-state index in [1.165, 1.54) is 0 Å². The fraction of sp³-hybridized carbons (Fsp3) is 0.429. The van der Waals surface area contributed by atoms with Gasteiger partial charge in [0, 0.05) is 30.6 Å². The summed E-state index contributed by atoms with van der Waals surface area (Å²) in [6.07, 6.45) is 0.399. The van der Waals surface area contributed by atoms with Crippen LogP contribution in [-0.2, 0) is 4.79 Å². The number of amides is 2. The summed E-state index contributed by atoms with van der Waals surface area (Å²) < 4.78 is 0. The Bertz CT molecular complexity index is 548. The average molecular weight is 315 g/mol. The van der Waals surface area contributed by atoms with Gasteiger partial charge in [0.25, 0.3) is 0 Å². The highest BCUT2D eigenvalue weighted by molar-refractivity contribution is 6.42. The summed E-state index contributed by atoms with van der Waals surface area (Å²) in [5.74, 6) is 0.0850. The van der Waals surface area contributed by atoms with Crippen molar-refractivity contribution in [2.24, 2.45) is 5.92 Å². The summed E-state index contributed by atoms with van der Waals surface area (Å²) in [4.78, 5) is 25.6. The monoisotopic (exact) mass is 314 g/mol. The van der Waals surface area contributed by atoms with E-state index in [9.17, 15) is 9.59 Å². The van der Waals surface area contributed by atoms with Crippen molar-refractivity contribution in [3.05, 3.63) is 28.2 Å². The molecule has 1 fully saturated rings. The minimum absolute atomic E-state index is 0.0959. The zero-order chi connectivity index (χ0) is 14.9. The van der Waals surface area contributed by atoms with E-state index in [0.29, 0.717) is 28.7 Å². The number of carbonyl (C=O) groups is 2. The van der Waals surface area contributed by atoms with Gasteiger partial charge in [0.2, 0.25) is 0 Å². The van der Waals surface area contributed by atoms with E-state index < -0.39 is 0 Å². The molecule has 2 rings (SSSR count). The summed E-state index contributed by atoms with van der Waals surface area (Å²) in [5, 5.41) is 3.61. The highest BCUT2D eigenvalue weighted by Crippen LogP contribution is 2.26. The number of ketones is 1. The fourth-order valence-electron chi connectivity index (χ4n) is 2.23. The molecule has 0 spiro atoms. The molecule has 1 saturated heterocycles. The Kier molecular flexibility index (Phi) is 4.55. The maximum absolute atomic E-state index is 12.3. The number of carbonyl (C=O) groups excluding carboxylic acids is 2. The van der Waals surface area contributed by atoms with Crippen LogP contribution in [0.1, 0.15) is 20.3 Å². The van der Waals surface area contributed by atoms with Gasteiger partial charge in [0.05, 0.1) is 10.0 Å². The van der Waals surface area contributed by atoms with Gasteiger partial charge >= 0.3 is 6.03 Å². The average Bonchev–Trinajstić information content (AvgIpc) is 2.38. The molecular weight excluding hydrogens is 299 g/mol. The maximum atomic E-state index is 12.3. The predicted molar refractivity (Wildman–Crippen MR) is 80.4 cm³/mol. The lowest BCUT2D eigenvalue weighted by Crippen LogP contribution is -2.50. The molecule has 6 heteroatoms. The van der Waals surface area contributed by atoms with Gasteiger partial charge in [-0.15, -0.1) is 0 Å². The predicted octanol–water partition coefficient (Wildman–Crippen LogP) is 3.82. The summed E-state index contributed by atoms with van der Waals surface area (Å²) >= 11 is 11.7. The summed E-state index contributed by atoms with van der Waals surface area (Å²) in [6.45, 7) is 4.15. The Morgan fingerprint density at radius 1 is 1.30 bits per heavy atom. The number of urea groups is 1. The third kappa shape index (κ3) is 3.25. The number of Topliss-reactive ketones (excluding diaryl/α,β-unsaturated/α-hetero) is 1. The second kappa shape index (κ2) is 6.02. The van der Waals surface area contributed by atoms with Gasteiger partial charge < -0.3 is 10.2 Å². The lowest BCUT2D eigenvalue weighted by molar-refractivity contribution is -0.126. The van der Waals surface area contributed by atoms with Crippen molar-refractivity contribution in [2.45, 2.75) is 26.3 Å². The van der Waals surface area contributed by atoms with Crippen molar-refractivity contribution < 1.29 is 9.59 Å². The minimum Gasteiger partial charge on any atom is -0.321 e. The van der Waals surface area contributed by atoms with Crippen LogP contribution >= 0.6 is 23.2 Å². The Labute approximate surface area is 128 Å². The molecule has 0 bridgehead atoms. The largest absolute Gasteiger partial charge is 0.322 e. The smallest absolute Gasteiger partial charge is 0.321 e. The zero-order valence-corrected chi connectivity index (χ0v) is 12.8. The van der Waals surface area contributed by atoms with Crippen LogP contribution in [0.3, 0.4) is 0 Å². The first-order valence-electron chi connectivity index (χ1n) is 6.44. The van der Waals surface area contributed by atoms with Crippen molar-refractivity contribution >= 4 is 40.7 Å². The van der Waals surface area contributed by atoms with Crippen LogP contribution in [0.5, 0.6) is 0 Å². The number of hydrogen-bond acceptors (Lipinski definition) is 2. The Morgan fingerprint density at radius 2 is 2.00 bits per heavy atom. The second-order valence-electron chi connectivity index (χ2n) is 5.13. The molecule has 2 atom stereocenters. The van der Waals surface area contributed by atoms with Gasteiger partial charge in [-0.1, -0.05) is 30.1 Å². The first kappa shape index (κ1) is 15.1. The van der Waals surface area contributed by atoms with Gasteiger partial charge in [-0.05, 0) is 25.1 Å². The maximum Gasteiger partial charge on any atom is 0.322 e. The number of nitrogens with one attached hydrogen (secondary N) is 1. The highest BCUT2D eigenvalue weighted by Gasteiger charge is 2.32. The molecule has 0 radical (unpaired) electrons. The van der Waals surface area contributed by atoms with E-state index in [0.717, 1.165) is 0 Å². The number of hydrogen-bond donors (Lipinski definition) is 1. The lowest BCUT2D eigenvalue weighted by atomic mass is 9.94. The van der Waals surface area contributed by atoms with Crippen molar-refractivity contribution in [3.63, 3.8) is 0 Å². The molecule has 1 aromatic carbocycles. The van der Waals surface area contributed by atoms with E-state index in [2.05, 4.69) is 5.32 Å². The molecule has 1 aromatic rings. The Morgan fingerprint density at radius 3 is 2.65 bits per heavy atom. The molecule has 0 aromatic heterocycles. The summed E-state index contributed by atoms with van der Waals surface area (Å²) in [5.41, 5.74) is 0.584. The molecule has 1 aliphatic heterocycles. The van der Waals surface area contributed by atoms with Gasteiger partial charge in [-0.25, -0.2) is 4.79 Å². The van der Waals surface area contributed by atoms with Crippen LogP contribution in [0.2, 0.25) is 10.0 Å². The third-order valence-corrected chi connectivity index (χ3v) is 4.22. The first-order valence-corrected chi connectivity index (χ1v) is 7.19. The van der Waals surface area contributed by atoms with Crippen LogP contribution in [0, 0.1) is 5.92 Å². The Balaban J connectivity index is 2.07. The molecule has 108 valence electrons. The zero-order valence-electron chi connectivity index (χ0n) is 11.3. The third-order valence-electron chi connectivity index (χ3n) is 3.48. The molecule has 1 aliphatic rings. The molecule has 0 saturated carbocycles. The standard InChI is InChI=1S/C14H16Cl2N2O2/c1-8-7-18(9(2)5-13(8)19)14(20)17-10-3-4-11(15)12(16)6-10/h3-4,6,8-9H,5,7H2,1-2H3,(H,17,20)/t8-,9+/m1/s1. The number of piperidine rings is 1. The molecule has 1 heterocycles. The van der Waals surface area contributed by atoms with Crippen molar-refractivity contribution in [2.75, 3.05) is 11.9 Å². The van der Waals surface area contributed by atoms with E-state index in [1.54, 1.807) is 23.1 Å². The van der Waals surface area contributed by atoms with Crippen molar-refractivity contribution in [1.82, 2.24) is 4.90 Å². The number of anilines is 1. The SMILES string of the molecule is C[C@@H]1CN(C(=O)Nc2ccc(Cl)c(Cl)c2)[C@@H](C)CC1=O. The van der Waals surface area contributed by atoms with Crippen LogP contribution in [0.25, 0.3) is 0 Å². The van der Waals surface area contributed by atoms with E-state index in [4.69, 9.17) is 23.2 Å². The number of halogens is 2. The van der Waals surface area contributed by atoms with Crippen LogP contribution < -0.4 is 5.32 Å². The minimum atomic E-state index is -0.227. The lowest BCUT2D eigenvalue weighted by Gasteiger charge is -2.35. The fourth-order valence-corrected chi connectivity index (χ4v) is 2.53. The van der Waals surface area contributed by atoms with Gasteiger partial charge in [0.1, 0.15) is 5.78 Å². The first-order chi connectivity index (χ1) is 9.38. The van der Waals surface area contributed by atoms with Crippen LogP contribution in [0.4, 0.5) is 10.5 Å². The molecular formula is C14H16Cl2N2O2. The highest BCUT2D eigenvalue weighted by atomic mass is 35.5. The molecule has 2 amide bonds. The quantitative estimate of drug-likeness (QED) is 0.856. The van der Waals surface area contributed by atoms with Gasteiger partial charge in [-0.2, -0.15) is 0 Å². The van der Waals surface area contributed by atoms with Crippen molar-refractivity contribution in [3.8, 4) is 0 Å². The number of nitrogens with zero attached hydrogens (tertiary/aromatic N) is 1. The molecule has 1 N–H and O–H groups in total. The van der Waals surface area contributed by atoms with Crippen molar-refractivity contribution in [1.29, 1.82) is 0 Å². The van der Waals surface area contributed by atoms with Gasteiger partial charge in [0.15, 0.2) is 0 Å². The van der Waals surface area contributed by atoms with Gasteiger partial charge in [-0.3, -0.25) is 4.79 Å². The van der Waals surface area contributed by atoms with Crippen LogP contribution in [-0.4, -0.2) is 29.3 Å². The summed E-state index contributed by atoms with van der Waals surface area (Å²) in [7, 11) is 0.